The number of hydrogen-bond donors (Lipinski definition) is 1. The molecule has 5 heteroatoms. The highest BCUT2D eigenvalue weighted by molar-refractivity contribution is 5.80. The van der Waals surface area contributed by atoms with Crippen LogP contribution in [0.1, 0.15) is 30.9 Å². The Hall–Kier alpha value is -2.04. The molecule has 1 N–H and O–H groups in total. The molecule has 0 aliphatic carbocycles. The van der Waals surface area contributed by atoms with Crippen LogP contribution in [-0.2, 0) is 17.9 Å². The summed E-state index contributed by atoms with van der Waals surface area (Å²) in [5.74, 6) is -0.787. The molecule has 1 saturated heterocycles. The summed E-state index contributed by atoms with van der Waals surface area (Å²) in [4.78, 5) is 27.6. The van der Waals surface area contributed by atoms with Crippen LogP contribution in [0.5, 0.6) is 0 Å². The lowest BCUT2D eigenvalue weighted by Gasteiger charge is -2.26. The molecule has 2 aliphatic rings. The summed E-state index contributed by atoms with van der Waals surface area (Å²) in [7, 11) is 0. The van der Waals surface area contributed by atoms with Crippen molar-refractivity contribution >= 4 is 12.0 Å². The highest BCUT2D eigenvalue weighted by atomic mass is 16.4. The zero-order chi connectivity index (χ0) is 15.0. The van der Waals surface area contributed by atoms with Crippen molar-refractivity contribution in [3.8, 4) is 0 Å². The summed E-state index contributed by atoms with van der Waals surface area (Å²) in [6.45, 7) is 3.99. The van der Waals surface area contributed by atoms with E-state index in [1.54, 1.807) is 9.80 Å². The SMILES string of the molecule is CCC1(C(=O)O)CCN(C(=O)N2Cc3ccccc3C2)C1. The van der Waals surface area contributed by atoms with Gasteiger partial charge in [-0.05, 0) is 24.0 Å². The van der Waals surface area contributed by atoms with E-state index >= 15 is 0 Å². The number of aliphatic carboxylic acids is 1. The third-order valence-electron chi connectivity index (χ3n) is 4.87. The van der Waals surface area contributed by atoms with Crippen LogP contribution in [-0.4, -0.2) is 40.0 Å². The second kappa shape index (κ2) is 5.06. The number of fused-ring (bicyclic) bond motifs is 1. The van der Waals surface area contributed by atoms with Crippen molar-refractivity contribution in [3.63, 3.8) is 0 Å². The molecular weight excluding hydrogens is 268 g/mol. The van der Waals surface area contributed by atoms with Gasteiger partial charge in [-0.15, -0.1) is 0 Å². The topological polar surface area (TPSA) is 60.9 Å². The van der Waals surface area contributed by atoms with Crippen LogP contribution in [0.25, 0.3) is 0 Å². The normalized spacial score (nSPS) is 24.2. The van der Waals surface area contributed by atoms with Gasteiger partial charge in [0.05, 0.1) is 5.41 Å². The first-order valence-electron chi connectivity index (χ1n) is 7.40. The van der Waals surface area contributed by atoms with Crippen LogP contribution < -0.4 is 0 Å². The molecule has 112 valence electrons. The third kappa shape index (κ3) is 2.26. The molecule has 0 bridgehead atoms. The van der Waals surface area contributed by atoms with E-state index in [4.69, 9.17) is 0 Å². The van der Waals surface area contributed by atoms with Crippen molar-refractivity contribution in [1.82, 2.24) is 9.80 Å². The van der Waals surface area contributed by atoms with Gasteiger partial charge in [0.15, 0.2) is 0 Å². The number of carboxylic acids is 1. The molecule has 2 heterocycles. The molecule has 0 spiro atoms. The Morgan fingerprint density at radius 2 is 1.81 bits per heavy atom. The summed E-state index contributed by atoms with van der Waals surface area (Å²) in [5.41, 5.74) is 1.61. The van der Waals surface area contributed by atoms with Crippen molar-refractivity contribution in [1.29, 1.82) is 0 Å². The zero-order valence-electron chi connectivity index (χ0n) is 12.2. The maximum atomic E-state index is 12.6. The second-order valence-electron chi connectivity index (χ2n) is 6.02. The van der Waals surface area contributed by atoms with Gasteiger partial charge in [-0.2, -0.15) is 0 Å². The first-order chi connectivity index (χ1) is 10.1. The zero-order valence-corrected chi connectivity index (χ0v) is 12.2. The van der Waals surface area contributed by atoms with Gasteiger partial charge >= 0.3 is 12.0 Å². The van der Waals surface area contributed by atoms with E-state index < -0.39 is 11.4 Å². The molecule has 21 heavy (non-hydrogen) atoms. The number of benzene rings is 1. The molecule has 0 aromatic heterocycles. The Bertz CT molecular complexity index is 562. The number of carbonyl (C=O) groups is 2. The van der Waals surface area contributed by atoms with Gasteiger partial charge in [-0.3, -0.25) is 4.79 Å². The van der Waals surface area contributed by atoms with Gasteiger partial charge < -0.3 is 14.9 Å². The monoisotopic (exact) mass is 288 g/mol. The number of likely N-dealkylation sites (tertiary alicyclic amines) is 1. The fourth-order valence-corrected chi connectivity index (χ4v) is 3.32. The summed E-state index contributed by atoms with van der Waals surface area (Å²) >= 11 is 0. The lowest BCUT2D eigenvalue weighted by Crippen LogP contribution is -2.42. The highest BCUT2D eigenvalue weighted by Gasteiger charge is 2.45. The minimum atomic E-state index is -0.787. The molecule has 1 atom stereocenters. The Labute approximate surface area is 124 Å². The van der Waals surface area contributed by atoms with Gasteiger partial charge in [-0.25, -0.2) is 4.79 Å². The molecule has 3 rings (SSSR count). The fraction of sp³-hybridized carbons (Fsp3) is 0.500. The number of amides is 2. The average Bonchev–Trinajstić information content (AvgIpc) is 3.11. The molecule has 0 radical (unpaired) electrons. The minimum Gasteiger partial charge on any atom is -0.481 e. The molecule has 1 unspecified atom stereocenters. The number of rotatable bonds is 2. The van der Waals surface area contributed by atoms with E-state index in [9.17, 15) is 14.7 Å². The van der Waals surface area contributed by atoms with Gasteiger partial charge in [0.25, 0.3) is 0 Å². The maximum absolute atomic E-state index is 12.6. The third-order valence-corrected chi connectivity index (χ3v) is 4.87. The highest BCUT2D eigenvalue weighted by Crippen LogP contribution is 2.35. The number of carboxylic acid groups (broad SMARTS) is 1. The summed E-state index contributed by atoms with van der Waals surface area (Å²) in [6.07, 6.45) is 1.11. The molecule has 1 aromatic rings. The predicted molar refractivity (Wildman–Crippen MR) is 77.6 cm³/mol. The van der Waals surface area contributed by atoms with E-state index in [0.29, 0.717) is 39.0 Å². The molecule has 2 amide bonds. The summed E-state index contributed by atoms with van der Waals surface area (Å²) < 4.78 is 0. The van der Waals surface area contributed by atoms with Gasteiger partial charge in [0.1, 0.15) is 0 Å². The van der Waals surface area contributed by atoms with E-state index in [-0.39, 0.29) is 6.03 Å². The smallest absolute Gasteiger partial charge is 0.320 e. The second-order valence-corrected chi connectivity index (χ2v) is 6.02. The van der Waals surface area contributed by atoms with E-state index in [1.165, 1.54) is 11.1 Å². The molecular formula is C16H20N2O3. The van der Waals surface area contributed by atoms with Crippen LogP contribution in [0.3, 0.4) is 0 Å². The van der Waals surface area contributed by atoms with Crippen molar-refractivity contribution in [2.75, 3.05) is 13.1 Å². The van der Waals surface area contributed by atoms with Gasteiger partial charge in [0, 0.05) is 26.2 Å². The van der Waals surface area contributed by atoms with E-state index in [2.05, 4.69) is 0 Å². The van der Waals surface area contributed by atoms with Crippen molar-refractivity contribution in [3.05, 3.63) is 35.4 Å². The summed E-state index contributed by atoms with van der Waals surface area (Å²) in [6, 6.07) is 8.01. The predicted octanol–water partition coefficient (Wildman–Crippen LogP) is 2.31. The molecule has 1 fully saturated rings. The first-order valence-corrected chi connectivity index (χ1v) is 7.40. The summed E-state index contributed by atoms with van der Waals surface area (Å²) in [5, 5.41) is 9.42. The Morgan fingerprint density at radius 1 is 1.19 bits per heavy atom. The Kier molecular flexibility index (Phi) is 3.35. The number of urea groups is 1. The molecule has 2 aliphatic heterocycles. The molecule has 0 saturated carbocycles. The Morgan fingerprint density at radius 3 is 2.29 bits per heavy atom. The minimum absolute atomic E-state index is 0.0391. The van der Waals surface area contributed by atoms with E-state index in [0.717, 1.165) is 0 Å². The van der Waals surface area contributed by atoms with Crippen LogP contribution in [0.2, 0.25) is 0 Å². The van der Waals surface area contributed by atoms with Crippen LogP contribution >= 0.6 is 0 Å². The number of nitrogens with zero attached hydrogens (tertiary/aromatic N) is 2. The van der Waals surface area contributed by atoms with Crippen molar-refractivity contribution in [2.24, 2.45) is 5.41 Å². The van der Waals surface area contributed by atoms with Gasteiger partial charge in [-0.1, -0.05) is 31.2 Å². The number of carbonyl (C=O) groups excluding carboxylic acids is 1. The van der Waals surface area contributed by atoms with Crippen molar-refractivity contribution < 1.29 is 14.7 Å². The average molecular weight is 288 g/mol. The lowest BCUT2D eigenvalue weighted by molar-refractivity contribution is -0.148. The quantitative estimate of drug-likeness (QED) is 0.908. The number of hydrogen-bond acceptors (Lipinski definition) is 2. The van der Waals surface area contributed by atoms with Gasteiger partial charge in [0.2, 0.25) is 0 Å². The standard InChI is InChI=1S/C16H20N2O3/c1-2-16(14(19)20)7-8-17(11-16)15(21)18-9-12-5-3-4-6-13(12)10-18/h3-6H,2,7-11H2,1H3,(H,19,20). The van der Waals surface area contributed by atoms with Crippen LogP contribution in [0.4, 0.5) is 4.79 Å². The lowest BCUT2D eigenvalue weighted by atomic mass is 9.84. The molecule has 5 nitrogen and oxygen atoms in total. The van der Waals surface area contributed by atoms with Crippen molar-refractivity contribution in [2.45, 2.75) is 32.9 Å². The van der Waals surface area contributed by atoms with Crippen LogP contribution in [0, 0.1) is 5.41 Å². The van der Waals surface area contributed by atoms with E-state index in [1.807, 2.05) is 31.2 Å². The van der Waals surface area contributed by atoms with Crippen LogP contribution in [0.15, 0.2) is 24.3 Å². The Balaban J connectivity index is 1.70. The fourth-order valence-electron chi connectivity index (χ4n) is 3.32. The largest absolute Gasteiger partial charge is 0.481 e. The maximum Gasteiger partial charge on any atom is 0.320 e. The molecule has 1 aromatic carbocycles. The first kappa shape index (κ1) is 13.9.